The second-order valence-corrected chi connectivity index (χ2v) is 5.93. The van der Waals surface area contributed by atoms with Gasteiger partial charge in [0.1, 0.15) is 5.75 Å². The monoisotopic (exact) mass is 310 g/mol. The molecular weight excluding hydrogens is 288 g/mol. The Morgan fingerprint density at radius 2 is 2.14 bits per heavy atom. The Balaban J connectivity index is 1.95. The van der Waals surface area contributed by atoms with Crippen molar-refractivity contribution in [3.8, 4) is 5.75 Å². The summed E-state index contributed by atoms with van der Waals surface area (Å²) in [5, 5.41) is 3.63. The lowest BCUT2D eigenvalue weighted by Gasteiger charge is -2.25. The van der Waals surface area contributed by atoms with E-state index in [9.17, 15) is 4.79 Å². The summed E-state index contributed by atoms with van der Waals surface area (Å²) in [4.78, 5) is 12.2. The van der Waals surface area contributed by atoms with Crippen LogP contribution in [0.2, 0.25) is 5.02 Å². The number of nitrogens with two attached hydrogens (primary N) is 1. The number of rotatable bonds is 5. The van der Waals surface area contributed by atoms with Gasteiger partial charge in [-0.25, -0.2) is 0 Å². The highest BCUT2D eigenvalue weighted by atomic mass is 35.5. The molecular formula is C16H23ClN2O2. The van der Waals surface area contributed by atoms with Gasteiger partial charge >= 0.3 is 0 Å². The van der Waals surface area contributed by atoms with Crippen molar-refractivity contribution in [2.75, 3.05) is 0 Å². The van der Waals surface area contributed by atoms with Crippen LogP contribution >= 0.6 is 11.6 Å². The highest BCUT2D eigenvalue weighted by Gasteiger charge is 2.21. The van der Waals surface area contributed by atoms with Crippen molar-refractivity contribution in [3.05, 3.63) is 28.8 Å². The Morgan fingerprint density at radius 3 is 2.81 bits per heavy atom. The van der Waals surface area contributed by atoms with Crippen LogP contribution in [0.4, 0.5) is 0 Å². The molecule has 1 aromatic rings. The van der Waals surface area contributed by atoms with Crippen LogP contribution in [0.1, 0.15) is 44.6 Å². The van der Waals surface area contributed by atoms with Crippen LogP contribution < -0.4 is 15.8 Å². The summed E-state index contributed by atoms with van der Waals surface area (Å²) in [6, 6.07) is 5.63. The molecule has 2 rings (SSSR count). The largest absolute Gasteiger partial charge is 0.481 e. The van der Waals surface area contributed by atoms with Crippen molar-refractivity contribution in [1.29, 1.82) is 0 Å². The molecule has 0 radical (unpaired) electrons. The van der Waals surface area contributed by atoms with E-state index in [1.165, 1.54) is 19.3 Å². The molecule has 4 nitrogen and oxygen atoms in total. The summed E-state index contributed by atoms with van der Waals surface area (Å²) in [5.74, 6) is 0.501. The third-order valence-corrected chi connectivity index (χ3v) is 4.26. The van der Waals surface area contributed by atoms with Gasteiger partial charge in [0.25, 0.3) is 5.91 Å². The van der Waals surface area contributed by atoms with Gasteiger partial charge < -0.3 is 15.8 Å². The SMILES string of the molecule is CC(Oc1cccc(Cl)c1CN)C(=O)NC1CCCCC1. The summed E-state index contributed by atoms with van der Waals surface area (Å²) in [6.07, 6.45) is 5.20. The predicted molar refractivity (Wildman–Crippen MR) is 84.4 cm³/mol. The van der Waals surface area contributed by atoms with Gasteiger partial charge in [0, 0.05) is 23.2 Å². The average Bonchev–Trinajstić information content (AvgIpc) is 2.48. The molecule has 0 aliphatic heterocycles. The minimum Gasteiger partial charge on any atom is -0.481 e. The van der Waals surface area contributed by atoms with E-state index in [-0.39, 0.29) is 18.5 Å². The van der Waals surface area contributed by atoms with Gasteiger partial charge in [0.05, 0.1) is 0 Å². The minimum atomic E-state index is -0.560. The van der Waals surface area contributed by atoms with E-state index in [2.05, 4.69) is 5.32 Å². The number of carbonyl (C=O) groups excluding carboxylic acids is 1. The van der Waals surface area contributed by atoms with E-state index in [0.29, 0.717) is 10.8 Å². The van der Waals surface area contributed by atoms with Crippen molar-refractivity contribution in [2.24, 2.45) is 5.73 Å². The van der Waals surface area contributed by atoms with Crippen molar-refractivity contribution in [2.45, 2.75) is 57.7 Å². The van der Waals surface area contributed by atoms with Crippen LogP contribution in [0.5, 0.6) is 5.75 Å². The van der Waals surface area contributed by atoms with Crippen LogP contribution in [0.15, 0.2) is 18.2 Å². The Bertz CT molecular complexity index is 487. The van der Waals surface area contributed by atoms with Gasteiger partial charge in [-0.3, -0.25) is 4.79 Å². The van der Waals surface area contributed by atoms with E-state index in [1.807, 2.05) is 0 Å². The Morgan fingerprint density at radius 1 is 1.43 bits per heavy atom. The fourth-order valence-electron chi connectivity index (χ4n) is 2.66. The molecule has 5 heteroatoms. The number of ether oxygens (including phenoxy) is 1. The fourth-order valence-corrected chi connectivity index (χ4v) is 2.90. The van der Waals surface area contributed by atoms with Gasteiger partial charge in [-0.1, -0.05) is 36.9 Å². The van der Waals surface area contributed by atoms with Crippen molar-refractivity contribution >= 4 is 17.5 Å². The lowest BCUT2D eigenvalue weighted by molar-refractivity contribution is -0.128. The number of carbonyl (C=O) groups is 1. The van der Waals surface area contributed by atoms with Crippen molar-refractivity contribution in [1.82, 2.24) is 5.32 Å². The molecule has 3 N–H and O–H groups in total. The average molecular weight is 311 g/mol. The summed E-state index contributed by atoms with van der Waals surface area (Å²) in [7, 11) is 0. The van der Waals surface area contributed by atoms with E-state index < -0.39 is 6.10 Å². The standard InChI is InChI=1S/C16H23ClN2O2/c1-11(16(20)19-12-6-3-2-4-7-12)21-15-9-5-8-14(17)13(15)10-18/h5,8-9,11-12H,2-4,6-7,10,18H2,1H3,(H,19,20). The predicted octanol–water partition coefficient (Wildman–Crippen LogP) is 3.01. The highest BCUT2D eigenvalue weighted by molar-refractivity contribution is 6.31. The molecule has 1 saturated carbocycles. The smallest absolute Gasteiger partial charge is 0.260 e. The fraction of sp³-hybridized carbons (Fsp3) is 0.562. The Kier molecular flexibility index (Phi) is 5.88. The molecule has 1 unspecified atom stereocenters. The van der Waals surface area contributed by atoms with Gasteiger partial charge in [-0.05, 0) is 31.9 Å². The molecule has 0 heterocycles. The van der Waals surface area contributed by atoms with Crippen molar-refractivity contribution in [3.63, 3.8) is 0 Å². The normalized spacial score (nSPS) is 17.3. The van der Waals surface area contributed by atoms with E-state index in [0.717, 1.165) is 18.4 Å². The zero-order chi connectivity index (χ0) is 15.2. The highest BCUT2D eigenvalue weighted by Crippen LogP contribution is 2.26. The molecule has 1 aromatic carbocycles. The van der Waals surface area contributed by atoms with Crippen LogP contribution in [-0.2, 0) is 11.3 Å². The maximum Gasteiger partial charge on any atom is 0.260 e. The molecule has 1 fully saturated rings. The lowest BCUT2D eigenvalue weighted by atomic mass is 9.95. The zero-order valence-electron chi connectivity index (χ0n) is 12.4. The van der Waals surface area contributed by atoms with Gasteiger partial charge in [0.15, 0.2) is 6.10 Å². The molecule has 0 aromatic heterocycles. The number of hydrogen-bond acceptors (Lipinski definition) is 3. The molecule has 0 saturated heterocycles. The van der Waals surface area contributed by atoms with Gasteiger partial charge in [0.2, 0.25) is 0 Å². The van der Waals surface area contributed by atoms with Crippen LogP contribution in [0.3, 0.4) is 0 Å². The van der Waals surface area contributed by atoms with E-state index >= 15 is 0 Å². The molecule has 21 heavy (non-hydrogen) atoms. The number of halogens is 1. The first-order valence-corrected chi connectivity index (χ1v) is 7.94. The summed E-state index contributed by atoms with van der Waals surface area (Å²) >= 11 is 6.09. The second kappa shape index (κ2) is 7.66. The zero-order valence-corrected chi connectivity index (χ0v) is 13.2. The molecule has 0 bridgehead atoms. The number of hydrogen-bond donors (Lipinski definition) is 2. The number of nitrogens with one attached hydrogen (secondary N) is 1. The quantitative estimate of drug-likeness (QED) is 0.878. The third-order valence-electron chi connectivity index (χ3n) is 3.90. The molecule has 116 valence electrons. The molecule has 1 aliphatic rings. The van der Waals surface area contributed by atoms with Crippen LogP contribution in [-0.4, -0.2) is 18.1 Å². The number of benzene rings is 1. The molecule has 1 atom stereocenters. The Hall–Kier alpha value is -1.26. The van der Waals surface area contributed by atoms with Gasteiger partial charge in [-0.15, -0.1) is 0 Å². The third kappa shape index (κ3) is 4.35. The molecule has 1 amide bonds. The Labute approximate surface area is 131 Å². The lowest BCUT2D eigenvalue weighted by Crippen LogP contribution is -2.43. The second-order valence-electron chi connectivity index (χ2n) is 5.52. The first-order valence-electron chi connectivity index (χ1n) is 7.56. The number of amides is 1. The van der Waals surface area contributed by atoms with Crippen molar-refractivity contribution < 1.29 is 9.53 Å². The summed E-state index contributed by atoms with van der Waals surface area (Å²) in [5.41, 5.74) is 6.42. The van der Waals surface area contributed by atoms with E-state index in [1.54, 1.807) is 25.1 Å². The summed E-state index contributed by atoms with van der Waals surface area (Å²) < 4.78 is 5.74. The minimum absolute atomic E-state index is 0.0788. The molecule has 0 spiro atoms. The van der Waals surface area contributed by atoms with E-state index in [4.69, 9.17) is 22.1 Å². The van der Waals surface area contributed by atoms with Crippen LogP contribution in [0.25, 0.3) is 0 Å². The topological polar surface area (TPSA) is 64.3 Å². The van der Waals surface area contributed by atoms with Crippen LogP contribution in [0, 0.1) is 0 Å². The molecule has 1 aliphatic carbocycles. The first kappa shape index (κ1) is 16.1. The van der Waals surface area contributed by atoms with Gasteiger partial charge in [-0.2, -0.15) is 0 Å². The summed E-state index contributed by atoms with van der Waals surface area (Å²) in [6.45, 7) is 2.03. The first-order chi connectivity index (χ1) is 10.1. The maximum atomic E-state index is 12.2. The maximum absolute atomic E-state index is 12.2.